The Balaban J connectivity index is 1.81. The highest BCUT2D eigenvalue weighted by Crippen LogP contribution is 2.32. The van der Waals surface area contributed by atoms with Crippen molar-refractivity contribution < 1.29 is 4.79 Å². The average Bonchev–Trinajstić information content (AvgIpc) is 3.03. The molecule has 0 unspecified atom stereocenters. The van der Waals surface area contributed by atoms with Crippen molar-refractivity contribution in [3.05, 3.63) is 39.8 Å². The molecule has 0 aromatic heterocycles. The second-order valence-electron chi connectivity index (χ2n) is 3.92. The summed E-state index contributed by atoms with van der Waals surface area (Å²) < 4.78 is 0. The molecule has 3 rings (SSSR count). The molecule has 0 aliphatic carbocycles. The van der Waals surface area contributed by atoms with Gasteiger partial charge >= 0.3 is 0 Å². The van der Waals surface area contributed by atoms with Gasteiger partial charge in [-0.15, -0.1) is 11.8 Å². The highest BCUT2D eigenvalue weighted by molar-refractivity contribution is 8.27. The maximum Gasteiger partial charge on any atom is 0.284 e. The van der Waals surface area contributed by atoms with Crippen LogP contribution in [0.15, 0.2) is 39.2 Å². The van der Waals surface area contributed by atoms with Crippen LogP contribution in [0.25, 0.3) is 6.08 Å². The lowest BCUT2D eigenvalue weighted by Gasteiger charge is -1.97. The largest absolute Gasteiger partial charge is 0.284 e. The highest BCUT2D eigenvalue weighted by atomic mass is 35.5. The van der Waals surface area contributed by atoms with E-state index in [9.17, 15) is 4.79 Å². The van der Waals surface area contributed by atoms with Crippen LogP contribution in [0.3, 0.4) is 0 Å². The molecule has 19 heavy (non-hydrogen) atoms. The Labute approximate surface area is 124 Å². The molecule has 0 fully saturated rings. The average molecular weight is 309 g/mol. The molecule has 0 radical (unpaired) electrons. The molecule has 0 N–H and O–H groups in total. The van der Waals surface area contributed by atoms with Crippen LogP contribution in [0.1, 0.15) is 5.56 Å². The van der Waals surface area contributed by atoms with Crippen LogP contribution in [-0.2, 0) is 4.79 Å². The van der Waals surface area contributed by atoms with Gasteiger partial charge in [-0.25, -0.2) is 0 Å². The molecular formula is C13H9ClN2OS2. The van der Waals surface area contributed by atoms with Gasteiger partial charge in [0.05, 0.1) is 4.91 Å². The summed E-state index contributed by atoms with van der Waals surface area (Å²) in [6, 6.07) is 7.36. The van der Waals surface area contributed by atoms with Gasteiger partial charge in [-0.2, -0.15) is 4.99 Å². The molecule has 0 saturated carbocycles. The summed E-state index contributed by atoms with van der Waals surface area (Å²) in [5, 5.41) is 2.30. The highest BCUT2D eigenvalue weighted by Gasteiger charge is 2.26. The molecular weight excluding hydrogens is 300 g/mol. The van der Waals surface area contributed by atoms with Gasteiger partial charge in [0.1, 0.15) is 10.1 Å². The first kappa shape index (κ1) is 13.0. The Morgan fingerprint density at radius 1 is 1.21 bits per heavy atom. The number of nitrogens with zero attached hydrogens (tertiary/aromatic N) is 2. The molecule has 1 aromatic carbocycles. The van der Waals surface area contributed by atoms with E-state index in [1.165, 1.54) is 11.8 Å². The quantitative estimate of drug-likeness (QED) is 0.785. The second kappa shape index (κ2) is 5.53. The predicted molar refractivity (Wildman–Crippen MR) is 84.2 cm³/mol. The number of thioether (sulfide) groups is 2. The van der Waals surface area contributed by atoms with E-state index in [0.29, 0.717) is 9.93 Å². The van der Waals surface area contributed by atoms with E-state index in [1.54, 1.807) is 23.9 Å². The van der Waals surface area contributed by atoms with Gasteiger partial charge in [-0.1, -0.05) is 35.5 Å². The smallest absolute Gasteiger partial charge is 0.275 e. The van der Waals surface area contributed by atoms with Gasteiger partial charge in [-0.05, 0) is 23.8 Å². The molecule has 0 spiro atoms. The molecule has 3 nitrogen and oxygen atoms in total. The zero-order valence-corrected chi connectivity index (χ0v) is 12.2. The normalized spacial score (nSPS) is 20.9. The van der Waals surface area contributed by atoms with Crippen molar-refractivity contribution in [3.63, 3.8) is 0 Å². The number of benzene rings is 1. The maximum absolute atomic E-state index is 11.8. The molecule has 2 aliphatic rings. The molecule has 0 atom stereocenters. The topological polar surface area (TPSA) is 41.8 Å². The Kier molecular flexibility index (Phi) is 3.77. The van der Waals surface area contributed by atoms with E-state index in [-0.39, 0.29) is 5.91 Å². The molecule has 1 aromatic rings. The van der Waals surface area contributed by atoms with Crippen LogP contribution >= 0.6 is 35.1 Å². The van der Waals surface area contributed by atoms with Crippen LogP contribution in [0, 0.1) is 0 Å². The number of aliphatic imine (C=N–C) groups is 2. The lowest BCUT2D eigenvalue weighted by Crippen LogP contribution is -1.99. The predicted octanol–water partition coefficient (Wildman–Crippen LogP) is 3.50. The van der Waals surface area contributed by atoms with Crippen molar-refractivity contribution in [2.45, 2.75) is 0 Å². The first-order valence-corrected chi connectivity index (χ1v) is 7.86. The third-order valence-electron chi connectivity index (χ3n) is 2.56. The van der Waals surface area contributed by atoms with Crippen molar-refractivity contribution in [2.24, 2.45) is 9.98 Å². The van der Waals surface area contributed by atoms with E-state index in [0.717, 1.165) is 27.9 Å². The zero-order chi connectivity index (χ0) is 13.2. The summed E-state index contributed by atoms with van der Waals surface area (Å²) >= 11 is 8.88. The summed E-state index contributed by atoms with van der Waals surface area (Å²) in [4.78, 5) is 20.9. The monoisotopic (exact) mass is 308 g/mol. The van der Waals surface area contributed by atoms with Gasteiger partial charge in [0.2, 0.25) is 0 Å². The Hall–Kier alpha value is -1.04. The van der Waals surface area contributed by atoms with Crippen molar-refractivity contribution in [1.82, 2.24) is 0 Å². The van der Waals surface area contributed by atoms with Gasteiger partial charge < -0.3 is 0 Å². The summed E-state index contributed by atoms with van der Waals surface area (Å²) in [6.07, 6.45) is 1.83. The Bertz CT molecular complexity index is 620. The van der Waals surface area contributed by atoms with Gasteiger partial charge in [0, 0.05) is 17.3 Å². The van der Waals surface area contributed by atoms with Crippen LogP contribution in [-0.4, -0.2) is 28.3 Å². The standard InChI is InChI=1S/C13H9ClN2OS2/c14-9-3-1-8(2-4-9)7-10-11(17)16-13(19-10)12-15-5-6-18-12/h1-4,7H,5-6H2. The fraction of sp³-hybridized carbons (Fsp3) is 0.154. The summed E-state index contributed by atoms with van der Waals surface area (Å²) in [5.41, 5.74) is 0.942. The number of carbonyl (C=O) groups is 1. The molecule has 2 heterocycles. The van der Waals surface area contributed by atoms with Crippen molar-refractivity contribution in [1.29, 1.82) is 0 Å². The van der Waals surface area contributed by atoms with E-state index >= 15 is 0 Å². The van der Waals surface area contributed by atoms with Crippen molar-refractivity contribution >= 4 is 57.2 Å². The number of hydrogen-bond donors (Lipinski definition) is 0. The minimum absolute atomic E-state index is 0.190. The maximum atomic E-state index is 11.8. The minimum atomic E-state index is -0.190. The molecule has 1 amide bonds. The molecule has 0 bridgehead atoms. The number of rotatable bonds is 2. The van der Waals surface area contributed by atoms with Gasteiger partial charge in [0.25, 0.3) is 5.91 Å². The number of amides is 1. The first-order valence-electron chi connectivity index (χ1n) is 5.68. The van der Waals surface area contributed by atoms with E-state index in [4.69, 9.17) is 11.6 Å². The van der Waals surface area contributed by atoms with E-state index in [1.807, 2.05) is 18.2 Å². The third-order valence-corrected chi connectivity index (χ3v) is 4.91. The SMILES string of the molecule is O=C1N=C(C2=NCCS2)SC1=Cc1ccc(Cl)cc1. The fourth-order valence-electron chi connectivity index (χ4n) is 1.68. The van der Waals surface area contributed by atoms with E-state index in [2.05, 4.69) is 9.98 Å². The minimum Gasteiger partial charge on any atom is -0.275 e. The van der Waals surface area contributed by atoms with Crippen LogP contribution in [0.2, 0.25) is 5.02 Å². The molecule has 96 valence electrons. The van der Waals surface area contributed by atoms with Crippen LogP contribution in [0.5, 0.6) is 0 Å². The Morgan fingerprint density at radius 2 is 2.00 bits per heavy atom. The van der Waals surface area contributed by atoms with Gasteiger partial charge in [0.15, 0.2) is 0 Å². The van der Waals surface area contributed by atoms with Crippen molar-refractivity contribution in [3.8, 4) is 0 Å². The summed E-state index contributed by atoms with van der Waals surface area (Å²) in [6.45, 7) is 0.810. The fourth-order valence-corrected chi connectivity index (χ4v) is 3.65. The number of hydrogen-bond acceptors (Lipinski definition) is 4. The van der Waals surface area contributed by atoms with Crippen molar-refractivity contribution in [2.75, 3.05) is 12.3 Å². The van der Waals surface area contributed by atoms with Crippen LogP contribution in [0.4, 0.5) is 0 Å². The second-order valence-corrected chi connectivity index (χ2v) is 6.47. The molecule has 2 aliphatic heterocycles. The lowest BCUT2D eigenvalue weighted by atomic mass is 10.2. The summed E-state index contributed by atoms with van der Waals surface area (Å²) in [5.74, 6) is 0.782. The van der Waals surface area contributed by atoms with Gasteiger partial charge in [-0.3, -0.25) is 9.79 Å². The first-order chi connectivity index (χ1) is 9.22. The molecule has 0 saturated heterocycles. The third kappa shape index (κ3) is 2.94. The van der Waals surface area contributed by atoms with E-state index < -0.39 is 0 Å². The number of halogens is 1. The number of carbonyl (C=O) groups excluding carboxylic acids is 1. The Morgan fingerprint density at radius 3 is 2.68 bits per heavy atom. The van der Waals surface area contributed by atoms with Crippen LogP contribution < -0.4 is 0 Å². The summed E-state index contributed by atoms with van der Waals surface area (Å²) in [7, 11) is 0. The lowest BCUT2D eigenvalue weighted by molar-refractivity contribution is -0.113. The zero-order valence-electron chi connectivity index (χ0n) is 9.80. The molecule has 6 heteroatoms.